The summed E-state index contributed by atoms with van der Waals surface area (Å²) in [5, 5.41) is 5.50. The van der Waals surface area contributed by atoms with Gasteiger partial charge in [0.25, 0.3) is 0 Å². The quantitative estimate of drug-likeness (QED) is 0.657. The molecular weight excluding hydrogens is 228 g/mol. The zero-order valence-electron chi connectivity index (χ0n) is 9.45. The van der Waals surface area contributed by atoms with E-state index in [1.165, 1.54) is 0 Å². The van der Waals surface area contributed by atoms with Crippen molar-refractivity contribution in [3.8, 4) is 0 Å². The molecule has 0 saturated carbocycles. The first-order valence-corrected chi connectivity index (χ1v) is 6.53. The molecule has 2 amide bonds. The van der Waals surface area contributed by atoms with Gasteiger partial charge in [-0.25, -0.2) is 0 Å². The Morgan fingerprint density at radius 2 is 2.50 bits per heavy atom. The molecular formula is C10H18N2O3S. The highest BCUT2D eigenvalue weighted by atomic mass is 32.2. The van der Waals surface area contributed by atoms with E-state index in [1.807, 2.05) is 0 Å². The van der Waals surface area contributed by atoms with Crippen LogP contribution >= 0.6 is 11.8 Å². The normalized spacial score (nSPS) is 21.1. The van der Waals surface area contributed by atoms with Gasteiger partial charge in [0.15, 0.2) is 0 Å². The third-order valence-corrected chi connectivity index (χ3v) is 3.30. The van der Waals surface area contributed by atoms with E-state index >= 15 is 0 Å². The summed E-state index contributed by atoms with van der Waals surface area (Å²) in [5.74, 6) is 1.31. The molecule has 1 unspecified atom stereocenters. The van der Waals surface area contributed by atoms with Crippen molar-refractivity contribution in [3.63, 3.8) is 0 Å². The Morgan fingerprint density at radius 3 is 3.25 bits per heavy atom. The lowest BCUT2D eigenvalue weighted by Gasteiger charge is -2.14. The van der Waals surface area contributed by atoms with Gasteiger partial charge in [0, 0.05) is 38.2 Å². The van der Waals surface area contributed by atoms with Crippen LogP contribution in [0.2, 0.25) is 0 Å². The molecule has 0 aromatic heterocycles. The van der Waals surface area contributed by atoms with E-state index in [0.717, 1.165) is 12.2 Å². The fraction of sp³-hybridized carbons (Fsp3) is 0.800. The van der Waals surface area contributed by atoms with Crippen molar-refractivity contribution in [2.75, 3.05) is 31.8 Å². The van der Waals surface area contributed by atoms with E-state index in [0.29, 0.717) is 25.3 Å². The lowest BCUT2D eigenvalue weighted by molar-refractivity contribution is -0.128. The predicted molar refractivity (Wildman–Crippen MR) is 63.4 cm³/mol. The monoisotopic (exact) mass is 246 g/mol. The van der Waals surface area contributed by atoms with Crippen LogP contribution in [0.15, 0.2) is 0 Å². The second kappa shape index (κ2) is 7.51. The van der Waals surface area contributed by atoms with Crippen LogP contribution < -0.4 is 10.6 Å². The average Bonchev–Trinajstić information content (AvgIpc) is 2.49. The Labute approximate surface area is 99.7 Å². The zero-order valence-corrected chi connectivity index (χ0v) is 10.3. The first-order chi connectivity index (χ1) is 7.74. The minimum Gasteiger partial charge on any atom is -0.385 e. The molecule has 1 fully saturated rings. The van der Waals surface area contributed by atoms with Gasteiger partial charge in [-0.3, -0.25) is 9.59 Å². The number of rotatable bonds is 5. The van der Waals surface area contributed by atoms with Gasteiger partial charge in [-0.15, -0.1) is 0 Å². The maximum atomic E-state index is 11.7. The van der Waals surface area contributed by atoms with Crippen molar-refractivity contribution in [1.82, 2.24) is 10.6 Å². The Bertz CT molecular complexity index is 248. The van der Waals surface area contributed by atoms with Crippen LogP contribution in [0.4, 0.5) is 0 Å². The SMILES string of the molecule is COCCCNC(=O)C1CSCCC(=O)N1. The largest absolute Gasteiger partial charge is 0.385 e. The van der Waals surface area contributed by atoms with Crippen molar-refractivity contribution < 1.29 is 14.3 Å². The van der Waals surface area contributed by atoms with E-state index in [1.54, 1.807) is 18.9 Å². The summed E-state index contributed by atoms with van der Waals surface area (Å²) < 4.78 is 4.88. The maximum absolute atomic E-state index is 11.7. The van der Waals surface area contributed by atoms with E-state index in [2.05, 4.69) is 10.6 Å². The first-order valence-electron chi connectivity index (χ1n) is 5.38. The van der Waals surface area contributed by atoms with Crippen molar-refractivity contribution in [1.29, 1.82) is 0 Å². The Balaban J connectivity index is 2.25. The Hall–Kier alpha value is -0.750. The molecule has 1 heterocycles. The van der Waals surface area contributed by atoms with Gasteiger partial charge in [-0.2, -0.15) is 11.8 Å². The summed E-state index contributed by atoms with van der Waals surface area (Å²) in [6, 6.07) is -0.387. The minimum absolute atomic E-state index is 0.0398. The van der Waals surface area contributed by atoms with Gasteiger partial charge in [0.2, 0.25) is 11.8 Å². The maximum Gasteiger partial charge on any atom is 0.243 e. The molecule has 1 aliphatic rings. The summed E-state index contributed by atoms with van der Waals surface area (Å²) >= 11 is 1.63. The summed E-state index contributed by atoms with van der Waals surface area (Å²) in [7, 11) is 1.63. The van der Waals surface area contributed by atoms with Crippen molar-refractivity contribution in [2.24, 2.45) is 0 Å². The highest BCUT2D eigenvalue weighted by Crippen LogP contribution is 2.09. The fourth-order valence-corrected chi connectivity index (χ4v) is 2.33. The van der Waals surface area contributed by atoms with Crippen molar-refractivity contribution in [2.45, 2.75) is 18.9 Å². The van der Waals surface area contributed by atoms with Gasteiger partial charge in [0.05, 0.1) is 0 Å². The molecule has 0 bridgehead atoms. The summed E-state index contributed by atoms with van der Waals surface area (Å²) in [5.41, 5.74) is 0. The molecule has 0 radical (unpaired) electrons. The van der Waals surface area contributed by atoms with Gasteiger partial charge in [0.1, 0.15) is 6.04 Å². The van der Waals surface area contributed by atoms with Gasteiger partial charge in [-0.05, 0) is 6.42 Å². The number of methoxy groups -OCH3 is 1. The number of carbonyl (C=O) groups is 2. The molecule has 1 aliphatic heterocycles. The van der Waals surface area contributed by atoms with Gasteiger partial charge < -0.3 is 15.4 Å². The van der Waals surface area contributed by atoms with Gasteiger partial charge in [-0.1, -0.05) is 0 Å². The molecule has 0 aliphatic carbocycles. The van der Waals surface area contributed by atoms with E-state index < -0.39 is 0 Å². The molecule has 5 nitrogen and oxygen atoms in total. The molecule has 1 rings (SSSR count). The second-order valence-corrected chi connectivity index (χ2v) is 4.73. The molecule has 0 spiro atoms. The molecule has 92 valence electrons. The van der Waals surface area contributed by atoms with E-state index in [4.69, 9.17) is 4.74 Å². The molecule has 2 N–H and O–H groups in total. The lowest BCUT2D eigenvalue weighted by atomic mass is 10.3. The number of hydrogen-bond acceptors (Lipinski definition) is 4. The lowest BCUT2D eigenvalue weighted by Crippen LogP contribution is -2.47. The molecule has 1 saturated heterocycles. The third-order valence-electron chi connectivity index (χ3n) is 2.23. The third kappa shape index (κ3) is 4.85. The molecule has 16 heavy (non-hydrogen) atoms. The number of thioether (sulfide) groups is 1. The smallest absolute Gasteiger partial charge is 0.243 e. The van der Waals surface area contributed by atoms with E-state index in [9.17, 15) is 9.59 Å². The van der Waals surface area contributed by atoms with Crippen LogP contribution in [-0.2, 0) is 14.3 Å². The number of amides is 2. The highest BCUT2D eigenvalue weighted by Gasteiger charge is 2.22. The topological polar surface area (TPSA) is 67.4 Å². The van der Waals surface area contributed by atoms with Gasteiger partial charge >= 0.3 is 0 Å². The van der Waals surface area contributed by atoms with Crippen LogP contribution in [0.25, 0.3) is 0 Å². The fourth-order valence-electron chi connectivity index (χ4n) is 1.37. The van der Waals surface area contributed by atoms with Crippen LogP contribution in [-0.4, -0.2) is 49.6 Å². The summed E-state index contributed by atoms with van der Waals surface area (Å²) in [6.45, 7) is 1.22. The first kappa shape index (κ1) is 13.3. The molecule has 0 aromatic carbocycles. The Kier molecular flexibility index (Phi) is 6.25. The van der Waals surface area contributed by atoms with Crippen molar-refractivity contribution in [3.05, 3.63) is 0 Å². The van der Waals surface area contributed by atoms with Crippen LogP contribution in [0, 0.1) is 0 Å². The van der Waals surface area contributed by atoms with Crippen molar-refractivity contribution >= 4 is 23.6 Å². The number of carbonyl (C=O) groups excluding carboxylic acids is 2. The van der Waals surface area contributed by atoms with Crippen LogP contribution in [0.1, 0.15) is 12.8 Å². The van der Waals surface area contributed by atoms with Crippen LogP contribution in [0.3, 0.4) is 0 Å². The summed E-state index contributed by atoms with van der Waals surface area (Å²) in [4.78, 5) is 22.9. The number of ether oxygens (including phenoxy) is 1. The Morgan fingerprint density at radius 1 is 1.69 bits per heavy atom. The molecule has 0 aromatic rings. The molecule has 1 atom stereocenters. The minimum atomic E-state index is -0.387. The second-order valence-electron chi connectivity index (χ2n) is 3.58. The predicted octanol–water partition coefficient (Wildman–Crippen LogP) is -0.239. The molecule has 6 heteroatoms. The zero-order chi connectivity index (χ0) is 11.8. The number of hydrogen-bond donors (Lipinski definition) is 2. The standard InChI is InChI=1S/C10H18N2O3S/c1-15-5-2-4-11-10(14)8-7-16-6-3-9(13)12-8/h8H,2-7H2,1H3,(H,11,14)(H,12,13). The van der Waals surface area contributed by atoms with E-state index in [-0.39, 0.29) is 17.9 Å². The summed E-state index contributed by atoms with van der Waals surface area (Å²) in [6.07, 6.45) is 1.29. The van der Waals surface area contributed by atoms with Crippen LogP contribution in [0.5, 0.6) is 0 Å². The number of nitrogens with one attached hydrogen (secondary N) is 2. The highest BCUT2D eigenvalue weighted by molar-refractivity contribution is 7.99. The average molecular weight is 246 g/mol.